The van der Waals surface area contributed by atoms with Crippen molar-refractivity contribution in [3.05, 3.63) is 35.4 Å². The zero-order valence-electron chi connectivity index (χ0n) is 12.2. The van der Waals surface area contributed by atoms with Crippen molar-refractivity contribution >= 4 is 0 Å². The maximum Gasteiger partial charge on any atom is 0.416 e. The van der Waals surface area contributed by atoms with Gasteiger partial charge in [0.2, 0.25) is 0 Å². The number of nitrogens with two attached hydrogens (primary N) is 1. The van der Waals surface area contributed by atoms with Gasteiger partial charge in [-0.1, -0.05) is 25.5 Å². The molecule has 0 spiro atoms. The molecule has 0 bridgehead atoms. The average Bonchev–Trinajstić information content (AvgIpc) is 2.39. The molecule has 2 N–H and O–H groups in total. The molecule has 0 saturated carbocycles. The van der Waals surface area contributed by atoms with Crippen LogP contribution < -0.4 is 5.73 Å². The number of nitrogens with zero attached hydrogens (tertiary/aromatic N) is 1. The molecule has 20 heavy (non-hydrogen) atoms. The van der Waals surface area contributed by atoms with Crippen LogP contribution in [0.2, 0.25) is 0 Å². The number of benzene rings is 1. The molecule has 2 unspecified atom stereocenters. The van der Waals surface area contributed by atoms with Crippen molar-refractivity contribution in [1.82, 2.24) is 4.90 Å². The van der Waals surface area contributed by atoms with Gasteiger partial charge in [0.25, 0.3) is 0 Å². The summed E-state index contributed by atoms with van der Waals surface area (Å²) in [7, 11) is 1.97. The summed E-state index contributed by atoms with van der Waals surface area (Å²) in [6.07, 6.45) is -2.19. The summed E-state index contributed by atoms with van der Waals surface area (Å²) in [4.78, 5) is 2.13. The second-order valence-electron chi connectivity index (χ2n) is 5.17. The molecule has 0 aliphatic heterocycles. The number of hydrogen-bond acceptors (Lipinski definition) is 2. The van der Waals surface area contributed by atoms with Crippen molar-refractivity contribution in [2.45, 2.75) is 44.9 Å². The predicted octanol–water partition coefficient (Wildman–Crippen LogP) is 3.83. The Labute approximate surface area is 118 Å². The van der Waals surface area contributed by atoms with Crippen LogP contribution in [-0.2, 0) is 6.18 Å². The highest BCUT2D eigenvalue weighted by Gasteiger charge is 2.30. The first-order valence-corrected chi connectivity index (χ1v) is 6.90. The Hall–Kier alpha value is -1.07. The molecule has 1 aromatic carbocycles. The summed E-state index contributed by atoms with van der Waals surface area (Å²) in [5, 5.41) is 0. The lowest BCUT2D eigenvalue weighted by molar-refractivity contribution is -0.137. The molecule has 2 nitrogen and oxygen atoms in total. The topological polar surface area (TPSA) is 29.3 Å². The number of alkyl halides is 3. The maximum atomic E-state index is 12.6. The van der Waals surface area contributed by atoms with Crippen LogP contribution in [0.4, 0.5) is 13.2 Å². The summed E-state index contributed by atoms with van der Waals surface area (Å²) in [6.45, 7) is 4.60. The van der Waals surface area contributed by atoms with E-state index in [0.717, 1.165) is 30.5 Å². The van der Waals surface area contributed by atoms with E-state index in [1.165, 1.54) is 12.1 Å². The Morgan fingerprint density at radius 2 is 1.75 bits per heavy atom. The Morgan fingerprint density at radius 3 is 2.15 bits per heavy atom. The molecule has 0 heterocycles. The van der Waals surface area contributed by atoms with Crippen molar-refractivity contribution in [2.24, 2.45) is 5.73 Å². The van der Waals surface area contributed by atoms with Crippen molar-refractivity contribution in [2.75, 3.05) is 13.6 Å². The third-order valence-electron chi connectivity index (χ3n) is 3.74. The number of likely N-dealkylation sites (N-methyl/N-ethyl adjacent to an activating group) is 1. The number of hydrogen-bond donors (Lipinski definition) is 1. The molecule has 5 heteroatoms. The Bertz CT molecular complexity index is 401. The first-order valence-electron chi connectivity index (χ1n) is 6.90. The van der Waals surface area contributed by atoms with Gasteiger partial charge >= 0.3 is 6.18 Å². The van der Waals surface area contributed by atoms with Gasteiger partial charge in [-0.2, -0.15) is 13.2 Å². The molecule has 0 radical (unpaired) electrons. The highest BCUT2D eigenvalue weighted by Crippen LogP contribution is 2.31. The lowest BCUT2D eigenvalue weighted by Crippen LogP contribution is -2.37. The van der Waals surface area contributed by atoms with Crippen LogP contribution in [0.25, 0.3) is 0 Å². The summed E-state index contributed by atoms with van der Waals surface area (Å²) in [6, 6.07) is 5.58. The third kappa shape index (κ3) is 4.21. The van der Waals surface area contributed by atoms with E-state index < -0.39 is 11.7 Å². The minimum atomic E-state index is -4.29. The minimum absolute atomic E-state index is 0.0566. The molecule has 0 fully saturated rings. The van der Waals surface area contributed by atoms with E-state index in [2.05, 4.69) is 18.7 Å². The maximum absolute atomic E-state index is 12.6. The lowest BCUT2D eigenvalue weighted by atomic mass is 10.0. The first kappa shape index (κ1) is 17.0. The van der Waals surface area contributed by atoms with E-state index in [9.17, 15) is 13.2 Å². The summed E-state index contributed by atoms with van der Waals surface area (Å²) in [5.74, 6) is 0. The Balaban J connectivity index is 2.90. The molecule has 0 aromatic heterocycles. The largest absolute Gasteiger partial charge is 0.416 e. The molecule has 0 aliphatic rings. The van der Waals surface area contributed by atoms with Crippen LogP contribution in [0.1, 0.15) is 43.9 Å². The van der Waals surface area contributed by atoms with E-state index in [4.69, 9.17) is 5.73 Å². The van der Waals surface area contributed by atoms with E-state index in [-0.39, 0.29) is 6.04 Å². The zero-order valence-corrected chi connectivity index (χ0v) is 12.2. The van der Waals surface area contributed by atoms with E-state index >= 15 is 0 Å². The normalized spacial score (nSPS) is 15.4. The highest BCUT2D eigenvalue weighted by atomic mass is 19.4. The van der Waals surface area contributed by atoms with Gasteiger partial charge in [0.1, 0.15) is 0 Å². The molecule has 114 valence electrons. The standard InChI is InChI=1S/C15H23F3N2/c1-4-5-11(2)20(3)14(10-19)12-6-8-13(9-7-12)15(16,17)18/h6-9,11,14H,4-5,10,19H2,1-3H3. The zero-order chi connectivity index (χ0) is 15.3. The fourth-order valence-corrected chi connectivity index (χ4v) is 2.36. The SMILES string of the molecule is CCCC(C)N(C)C(CN)c1ccc(C(F)(F)F)cc1. The van der Waals surface area contributed by atoms with Crippen LogP contribution in [0, 0.1) is 0 Å². The van der Waals surface area contributed by atoms with Crippen molar-refractivity contribution in [3.8, 4) is 0 Å². The predicted molar refractivity (Wildman–Crippen MR) is 75.4 cm³/mol. The smallest absolute Gasteiger partial charge is 0.329 e. The van der Waals surface area contributed by atoms with Gasteiger partial charge in [-0.3, -0.25) is 4.90 Å². The first-order chi connectivity index (χ1) is 9.31. The monoisotopic (exact) mass is 288 g/mol. The number of rotatable bonds is 6. The van der Waals surface area contributed by atoms with Crippen molar-refractivity contribution < 1.29 is 13.2 Å². The molecular formula is C15H23F3N2. The van der Waals surface area contributed by atoms with Crippen LogP contribution in [0.15, 0.2) is 24.3 Å². The molecule has 1 aromatic rings. The number of halogens is 3. The van der Waals surface area contributed by atoms with Crippen molar-refractivity contribution in [3.63, 3.8) is 0 Å². The van der Waals surface area contributed by atoms with Crippen LogP contribution in [0.5, 0.6) is 0 Å². The van der Waals surface area contributed by atoms with Gasteiger partial charge in [0.05, 0.1) is 5.56 Å². The van der Waals surface area contributed by atoms with Gasteiger partial charge in [-0.25, -0.2) is 0 Å². The van der Waals surface area contributed by atoms with Crippen LogP contribution in [-0.4, -0.2) is 24.5 Å². The lowest BCUT2D eigenvalue weighted by Gasteiger charge is -2.33. The van der Waals surface area contributed by atoms with Gasteiger partial charge in [-0.15, -0.1) is 0 Å². The molecule has 0 saturated heterocycles. The molecule has 1 rings (SSSR count). The fraction of sp³-hybridized carbons (Fsp3) is 0.600. The van der Waals surface area contributed by atoms with Gasteiger partial charge in [0, 0.05) is 18.6 Å². The van der Waals surface area contributed by atoms with Crippen LogP contribution in [0.3, 0.4) is 0 Å². The second kappa shape index (κ2) is 7.09. The van der Waals surface area contributed by atoms with Gasteiger partial charge in [0.15, 0.2) is 0 Å². The minimum Gasteiger partial charge on any atom is -0.329 e. The molecule has 0 amide bonds. The van der Waals surface area contributed by atoms with Gasteiger partial charge < -0.3 is 5.73 Å². The highest BCUT2D eigenvalue weighted by molar-refractivity contribution is 5.27. The van der Waals surface area contributed by atoms with Crippen molar-refractivity contribution in [1.29, 1.82) is 0 Å². The van der Waals surface area contributed by atoms with Crippen LogP contribution >= 0.6 is 0 Å². The molecule has 2 atom stereocenters. The third-order valence-corrected chi connectivity index (χ3v) is 3.74. The average molecular weight is 288 g/mol. The van der Waals surface area contributed by atoms with Gasteiger partial charge in [-0.05, 0) is 38.1 Å². The summed E-state index contributed by atoms with van der Waals surface area (Å²) < 4.78 is 37.7. The summed E-state index contributed by atoms with van der Waals surface area (Å²) >= 11 is 0. The summed E-state index contributed by atoms with van der Waals surface area (Å²) in [5.41, 5.74) is 6.00. The quantitative estimate of drug-likeness (QED) is 0.862. The Morgan fingerprint density at radius 1 is 1.20 bits per heavy atom. The molecule has 0 aliphatic carbocycles. The second-order valence-corrected chi connectivity index (χ2v) is 5.17. The fourth-order valence-electron chi connectivity index (χ4n) is 2.36. The van der Waals surface area contributed by atoms with E-state index in [0.29, 0.717) is 12.6 Å². The van der Waals surface area contributed by atoms with E-state index in [1.54, 1.807) is 0 Å². The molecular weight excluding hydrogens is 265 g/mol. The Kier molecular flexibility index (Phi) is 6.02. The van der Waals surface area contributed by atoms with E-state index in [1.807, 2.05) is 7.05 Å².